The maximum Gasteiger partial charge on any atom is 0.276 e. The van der Waals surface area contributed by atoms with Gasteiger partial charge in [0.15, 0.2) is 17.2 Å². The van der Waals surface area contributed by atoms with Crippen molar-refractivity contribution in [3.8, 4) is 0 Å². The first-order valence-corrected chi connectivity index (χ1v) is 11.5. The second kappa shape index (κ2) is 10.8. The van der Waals surface area contributed by atoms with Crippen LogP contribution < -0.4 is 4.90 Å². The number of pyridine rings is 1. The van der Waals surface area contributed by atoms with Crippen molar-refractivity contribution in [3.05, 3.63) is 113 Å². The van der Waals surface area contributed by atoms with E-state index in [0.717, 1.165) is 5.69 Å². The third-order valence-corrected chi connectivity index (χ3v) is 5.94. The highest BCUT2D eigenvalue weighted by Gasteiger charge is 2.25. The van der Waals surface area contributed by atoms with Gasteiger partial charge in [-0.2, -0.15) is 0 Å². The van der Waals surface area contributed by atoms with Gasteiger partial charge in [-0.1, -0.05) is 41.6 Å². The molecule has 182 valence electrons. The van der Waals surface area contributed by atoms with Crippen LogP contribution in [-0.4, -0.2) is 39.7 Å². The summed E-state index contributed by atoms with van der Waals surface area (Å²) in [5, 5.41) is 3.96. The molecule has 8 heteroatoms. The summed E-state index contributed by atoms with van der Waals surface area (Å²) in [6.07, 6.45) is 1.68. The molecule has 0 saturated carbocycles. The van der Waals surface area contributed by atoms with E-state index in [0.29, 0.717) is 22.6 Å². The SMILES string of the molecule is CC(=O)c1cccc(N(Cc2cc(C(=O)N(C)C(C)c3ccccn3)no2)C(=O)c2ccccc2)c1. The van der Waals surface area contributed by atoms with Crippen molar-refractivity contribution < 1.29 is 18.9 Å². The van der Waals surface area contributed by atoms with Crippen LogP contribution in [0.2, 0.25) is 0 Å². The summed E-state index contributed by atoms with van der Waals surface area (Å²) < 4.78 is 5.46. The number of aromatic nitrogens is 2. The number of ketones is 1. The minimum absolute atomic E-state index is 0.0227. The van der Waals surface area contributed by atoms with Crippen LogP contribution in [0.15, 0.2) is 89.6 Å². The van der Waals surface area contributed by atoms with Crippen molar-refractivity contribution in [2.24, 2.45) is 0 Å². The molecule has 0 aliphatic carbocycles. The van der Waals surface area contributed by atoms with Gasteiger partial charge in [-0.05, 0) is 50.2 Å². The van der Waals surface area contributed by atoms with E-state index in [1.165, 1.54) is 22.8 Å². The summed E-state index contributed by atoms with van der Waals surface area (Å²) in [7, 11) is 1.68. The van der Waals surface area contributed by atoms with Gasteiger partial charge in [0.25, 0.3) is 11.8 Å². The Balaban J connectivity index is 1.60. The molecule has 2 aromatic heterocycles. The number of anilines is 1. The van der Waals surface area contributed by atoms with E-state index < -0.39 is 0 Å². The summed E-state index contributed by atoms with van der Waals surface area (Å²) in [5.41, 5.74) is 2.37. The number of hydrogen-bond acceptors (Lipinski definition) is 6. The second-order valence-corrected chi connectivity index (χ2v) is 8.39. The van der Waals surface area contributed by atoms with E-state index in [2.05, 4.69) is 10.1 Å². The number of benzene rings is 2. The molecule has 2 amide bonds. The minimum Gasteiger partial charge on any atom is -0.359 e. The van der Waals surface area contributed by atoms with E-state index in [1.54, 1.807) is 61.8 Å². The van der Waals surface area contributed by atoms with Crippen LogP contribution in [-0.2, 0) is 6.54 Å². The predicted octanol–water partition coefficient (Wildman–Crippen LogP) is 4.95. The zero-order valence-electron chi connectivity index (χ0n) is 20.3. The molecular weight excluding hydrogens is 456 g/mol. The molecule has 0 fully saturated rings. The molecule has 8 nitrogen and oxygen atoms in total. The topological polar surface area (TPSA) is 96.6 Å². The average molecular weight is 483 g/mol. The largest absolute Gasteiger partial charge is 0.359 e. The number of carbonyl (C=O) groups is 3. The van der Waals surface area contributed by atoms with Crippen molar-refractivity contribution in [1.29, 1.82) is 0 Å². The van der Waals surface area contributed by atoms with Crippen LogP contribution in [0.4, 0.5) is 5.69 Å². The summed E-state index contributed by atoms with van der Waals surface area (Å²) >= 11 is 0. The van der Waals surface area contributed by atoms with Gasteiger partial charge in [0.05, 0.1) is 18.3 Å². The maximum absolute atomic E-state index is 13.4. The minimum atomic E-state index is -0.331. The van der Waals surface area contributed by atoms with Crippen molar-refractivity contribution in [2.45, 2.75) is 26.4 Å². The maximum atomic E-state index is 13.4. The van der Waals surface area contributed by atoms with Crippen LogP contribution >= 0.6 is 0 Å². The Kier molecular flexibility index (Phi) is 7.34. The third kappa shape index (κ3) is 5.38. The fraction of sp³-hybridized carbons (Fsp3) is 0.179. The molecule has 0 N–H and O–H groups in total. The fourth-order valence-corrected chi connectivity index (χ4v) is 3.73. The van der Waals surface area contributed by atoms with Crippen molar-refractivity contribution >= 4 is 23.3 Å². The molecule has 1 unspecified atom stereocenters. The van der Waals surface area contributed by atoms with Crippen molar-refractivity contribution in [3.63, 3.8) is 0 Å². The first-order chi connectivity index (χ1) is 17.3. The molecule has 2 heterocycles. The molecule has 0 aliphatic rings. The highest BCUT2D eigenvalue weighted by Crippen LogP contribution is 2.24. The Morgan fingerprint density at radius 1 is 0.889 bits per heavy atom. The Labute approximate surface area is 209 Å². The number of carbonyl (C=O) groups excluding carboxylic acids is 3. The Hall–Kier alpha value is -4.59. The van der Waals surface area contributed by atoms with Crippen LogP contribution in [0.25, 0.3) is 0 Å². The van der Waals surface area contributed by atoms with Gasteiger partial charge in [-0.15, -0.1) is 0 Å². The Morgan fingerprint density at radius 3 is 2.31 bits per heavy atom. The van der Waals surface area contributed by atoms with E-state index in [1.807, 2.05) is 31.2 Å². The molecule has 0 saturated heterocycles. The van der Waals surface area contributed by atoms with Crippen molar-refractivity contribution in [2.75, 3.05) is 11.9 Å². The van der Waals surface area contributed by atoms with Gasteiger partial charge < -0.3 is 14.3 Å². The van der Waals surface area contributed by atoms with Gasteiger partial charge in [-0.3, -0.25) is 19.4 Å². The number of hydrogen-bond donors (Lipinski definition) is 0. The smallest absolute Gasteiger partial charge is 0.276 e. The number of rotatable bonds is 8. The van der Waals surface area contributed by atoms with Gasteiger partial charge in [0.2, 0.25) is 0 Å². The predicted molar refractivity (Wildman–Crippen MR) is 135 cm³/mol. The summed E-state index contributed by atoms with van der Waals surface area (Å²) in [4.78, 5) is 45.8. The van der Waals surface area contributed by atoms with Gasteiger partial charge in [-0.25, -0.2) is 0 Å². The molecule has 0 bridgehead atoms. The molecule has 0 spiro atoms. The number of nitrogens with zero attached hydrogens (tertiary/aromatic N) is 4. The fourth-order valence-electron chi connectivity index (χ4n) is 3.73. The zero-order valence-corrected chi connectivity index (χ0v) is 20.3. The summed E-state index contributed by atoms with van der Waals surface area (Å²) in [5.74, 6) is -0.388. The molecule has 0 aliphatic heterocycles. The third-order valence-electron chi connectivity index (χ3n) is 5.94. The first kappa shape index (κ1) is 24.5. The van der Waals surface area contributed by atoms with E-state index in [-0.39, 0.29) is 35.9 Å². The van der Waals surface area contributed by atoms with Crippen LogP contribution in [0.5, 0.6) is 0 Å². The molecular formula is C28H26N4O4. The lowest BCUT2D eigenvalue weighted by Gasteiger charge is -2.23. The van der Waals surface area contributed by atoms with Gasteiger partial charge >= 0.3 is 0 Å². The molecule has 4 aromatic rings. The molecule has 0 radical (unpaired) electrons. The molecule has 2 aromatic carbocycles. The van der Waals surface area contributed by atoms with Crippen LogP contribution in [0, 0.1) is 0 Å². The van der Waals surface area contributed by atoms with E-state index in [9.17, 15) is 14.4 Å². The standard InChI is InChI=1S/C28H26N4O4/c1-19(25-14-7-8-15-29-25)31(3)28(35)26-17-24(36-30-26)18-32(27(34)21-10-5-4-6-11-21)23-13-9-12-22(16-23)20(2)33/h4-17,19H,18H2,1-3H3. The average Bonchev–Trinajstić information content (AvgIpc) is 3.40. The molecule has 4 rings (SSSR count). The lowest BCUT2D eigenvalue weighted by atomic mass is 10.1. The van der Waals surface area contributed by atoms with Gasteiger partial charge in [0.1, 0.15) is 0 Å². The van der Waals surface area contributed by atoms with Crippen LogP contribution in [0.3, 0.4) is 0 Å². The van der Waals surface area contributed by atoms with Gasteiger partial charge in [0, 0.05) is 36.1 Å². The Morgan fingerprint density at radius 2 is 1.61 bits per heavy atom. The monoisotopic (exact) mass is 482 g/mol. The Bertz CT molecular complexity index is 1370. The summed E-state index contributed by atoms with van der Waals surface area (Å²) in [6.45, 7) is 3.37. The van der Waals surface area contributed by atoms with E-state index >= 15 is 0 Å². The van der Waals surface area contributed by atoms with Crippen LogP contribution in [0.1, 0.15) is 62.5 Å². The quantitative estimate of drug-likeness (QED) is 0.330. The molecule has 1 atom stereocenters. The number of Topliss-reactive ketones (excluding diaryl/α,β-unsaturated/α-hetero) is 1. The second-order valence-electron chi connectivity index (χ2n) is 8.39. The lowest BCUT2D eigenvalue weighted by Crippen LogP contribution is -2.31. The van der Waals surface area contributed by atoms with E-state index in [4.69, 9.17) is 4.52 Å². The van der Waals surface area contributed by atoms with Crippen molar-refractivity contribution in [1.82, 2.24) is 15.0 Å². The highest BCUT2D eigenvalue weighted by atomic mass is 16.5. The first-order valence-electron chi connectivity index (χ1n) is 11.5. The molecule has 36 heavy (non-hydrogen) atoms. The highest BCUT2D eigenvalue weighted by molar-refractivity contribution is 6.06. The number of amides is 2. The zero-order chi connectivity index (χ0) is 25.7. The summed E-state index contributed by atoms with van der Waals surface area (Å²) in [6, 6.07) is 22.4. The normalized spacial score (nSPS) is 11.5. The lowest BCUT2D eigenvalue weighted by molar-refractivity contribution is 0.0728.